The molecule has 1 saturated carbocycles. The van der Waals surface area contributed by atoms with Crippen LogP contribution in [0.1, 0.15) is 89.7 Å². The molecule has 0 radical (unpaired) electrons. The average molecular weight is 412 g/mol. The van der Waals surface area contributed by atoms with Gasteiger partial charge in [0, 0.05) is 13.2 Å². The summed E-state index contributed by atoms with van der Waals surface area (Å²) >= 11 is 0. The fraction of sp³-hybridized carbons (Fsp3) is 0.708. The molecule has 0 spiro atoms. The number of aliphatic hydroxyl groups is 1. The summed E-state index contributed by atoms with van der Waals surface area (Å²) in [5.74, 6) is 0. The minimum Gasteiger partial charge on any atom is -0.465 e. The number of nitrogens with one attached hydrogen (secondary N) is 1. The topological polar surface area (TPSA) is 78.8 Å². The van der Waals surface area contributed by atoms with Gasteiger partial charge in [0.1, 0.15) is 6.79 Å². The molecule has 29 heavy (non-hydrogen) atoms. The number of unbranched alkanes of at least 4 members (excludes halogenated alkanes) is 3. The van der Waals surface area contributed by atoms with Gasteiger partial charge in [-0.3, -0.25) is 0 Å². The van der Waals surface area contributed by atoms with E-state index in [0.29, 0.717) is 0 Å². The molecule has 0 unspecified atom stereocenters. The van der Waals surface area contributed by atoms with Gasteiger partial charge in [0.2, 0.25) is 0 Å². The summed E-state index contributed by atoms with van der Waals surface area (Å²) in [4.78, 5) is 10.2. The van der Waals surface area contributed by atoms with Gasteiger partial charge in [-0.2, -0.15) is 0 Å². The number of aryl methyl sites for hydroxylation is 2. The Morgan fingerprint density at radius 2 is 1.69 bits per heavy atom. The van der Waals surface area contributed by atoms with Gasteiger partial charge in [-0.1, -0.05) is 83.6 Å². The molecule has 1 amide bonds. The molecule has 1 aliphatic rings. The van der Waals surface area contributed by atoms with Crippen molar-refractivity contribution >= 4 is 6.09 Å². The zero-order valence-corrected chi connectivity index (χ0v) is 19.4. The van der Waals surface area contributed by atoms with E-state index in [1.807, 2.05) is 13.8 Å². The molecule has 0 bridgehead atoms. The zero-order valence-electron chi connectivity index (χ0n) is 19.4. The first-order valence-electron chi connectivity index (χ1n) is 11.2. The quantitative estimate of drug-likeness (QED) is 0.363. The largest absolute Gasteiger partial charge is 0.465 e. The van der Waals surface area contributed by atoms with E-state index < -0.39 is 6.09 Å². The highest BCUT2D eigenvalue weighted by Gasteiger charge is 2.14. The molecule has 0 saturated heterocycles. The van der Waals surface area contributed by atoms with Gasteiger partial charge in [0.25, 0.3) is 0 Å². The molecule has 1 fully saturated rings. The van der Waals surface area contributed by atoms with Crippen LogP contribution in [0.4, 0.5) is 4.79 Å². The second kappa shape index (κ2) is 22.7. The first-order valence-corrected chi connectivity index (χ1v) is 11.2. The number of carbonyl (C=O) groups is 1. The maximum atomic E-state index is 10.2. The Balaban J connectivity index is 0. The van der Waals surface area contributed by atoms with Crippen LogP contribution in [0.3, 0.4) is 0 Å². The summed E-state index contributed by atoms with van der Waals surface area (Å²) in [6.45, 7) is 8.28. The number of carboxylic acid groups (broad SMARTS) is 1. The van der Waals surface area contributed by atoms with Crippen molar-refractivity contribution in [1.29, 1.82) is 0 Å². The summed E-state index contributed by atoms with van der Waals surface area (Å²) in [7, 11) is 1.43. The molecule has 1 aromatic rings. The third-order valence-electron chi connectivity index (χ3n) is 4.62. The van der Waals surface area contributed by atoms with Gasteiger partial charge in [-0.25, -0.2) is 4.79 Å². The lowest BCUT2D eigenvalue weighted by molar-refractivity contribution is 0.0325. The van der Waals surface area contributed by atoms with Gasteiger partial charge in [-0.15, -0.1) is 0 Å². The summed E-state index contributed by atoms with van der Waals surface area (Å²) in [6.07, 6.45) is 11.5. The van der Waals surface area contributed by atoms with E-state index >= 15 is 0 Å². The molecule has 0 atom stereocenters. The third-order valence-corrected chi connectivity index (χ3v) is 4.62. The van der Waals surface area contributed by atoms with Crippen molar-refractivity contribution in [2.45, 2.75) is 97.9 Å². The van der Waals surface area contributed by atoms with Crippen LogP contribution in [0, 0.1) is 6.92 Å². The number of rotatable bonds is 7. The highest BCUT2D eigenvalue weighted by Crippen LogP contribution is 2.17. The molecule has 1 aliphatic carbocycles. The first kappa shape index (κ1) is 29.6. The first-order chi connectivity index (χ1) is 14.0. The minimum atomic E-state index is -0.882. The maximum Gasteiger partial charge on any atom is 0.404 e. The molecule has 5 nitrogen and oxygen atoms in total. The number of aliphatic hydroxyl groups excluding tert-OH is 1. The van der Waals surface area contributed by atoms with Crippen LogP contribution in [0.25, 0.3) is 0 Å². The van der Waals surface area contributed by atoms with E-state index in [0.717, 1.165) is 12.8 Å². The van der Waals surface area contributed by atoms with E-state index in [4.69, 9.17) is 10.2 Å². The van der Waals surface area contributed by atoms with Crippen LogP contribution in [0.15, 0.2) is 24.3 Å². The SMILES string of the molecule is CC.CCCCCCc1ccccc1C.COCO.O=C(O)NC1CCCCC1. The fourth-order valence-corrected chi connectivity index (χ4v) is 3.05. The van der Waals surface area contributed by atoms with Crippen LogP contribution >= 0.6 is 0 Å². The van der Waals surface area contributed by atoms with Crippen LogP contribution in [0.5, 0.6) is 0 Å². The summed E-state index contributed by atoms with van der Waals surface area (Å²) in [5.41, 5.74) is 2.97. The predicted octanol–water partition coefficient (Wildman–Crippen LogP) is 6.31. The number of amides is 1. The molecule has 170 valence electrons. The normalized spacial score (nSPS) is 12.9. The molecule has 3 N–H and O–H groups in total. The third kappa shape index (κ3) is 19.5. The Bertz CT molecular complexity index is 472. The molecule has 5 heteroatoms. The molecule has 1 aromatic carbocycles. The zero-order chi connectivity index (χ0) is 22.3. The minimum absolute atomic E-state index is 0.181. The van der Waals surface area contributed by atoms with E-state index in [2.05, 4.69) is 48.2 Å². The fourth-order valence-electron chi connectivity index (χ4n) is 3.05. The Morgan fingerprint density at radius 1 is 1.10 bits per heavy atom. The summed E-state index contributed by atoms with van der Waals surface area (Å²) in [6, 6.07) is 8.94. The van der Waals surface area contributed by atoms with Gasteiger partial charge in [-0.05, 0) is 43.7 Å². The van der Waals surface area contributed by atoms with Crippen LogP contribution in [-0.2, 0) is 11.2 Å². The van der Waals surface area contributed by atoms with Crippen molar-refractivity contribution in [1.82, 2.24) is 5.32 Å². The van der Waals surface area contributed by atoms with Crippen LogP contribution in [-0.4, -0.2) is 36.3 Å². The lowest BCUT2D eigenvalue weighted by atomic mass is 9.96. The number of hydrogen-bond acceptors (Lipinski definition) is 3. The van der Waals surface area contributed by atoms with Crippen molar-refractivity contribution in [2.24, 2.45) is 0 Å². The predicted molar refractivity (Wildman–Crippen MR) is 123 cm³/mol. The van der Waals surface area contributed by atoms with E-state index in [1.165, 1.54) is 69.6 Å². The van der Waals surface area contributed by atoms with Gasteiger partial charge in [0.15, 0.2) is 0 Å². The van der Waals surface area contributed by atoms with Gasteiger partial charge in [0.05, 0.1) is 0 Å². The van der Waals surface area contributed by atoms with Crippen molar-refractivity contribution < 1.29 is 19.7 Å². The van der Waals surface area contributed by atoms with Crippen molar-refractivity contribution in [3.05, 3.63) is 35.4 Å². The van der Waals surface area contributed by atoms with Crippen LogP contribution < -0.4 is 5.32 Å². The van der Waals surface area contributed by atoms with Crippen molar-refractivity contribution in [3.8, 4) is 0 Å². The highest BCUT2D eigenvalue weighted by molar-refractivity contribution is 5.64. The second-order valence-electron chi connectivity index (χ2n) is 6.94. The molecule has 0 heterocycles. The Labute approximate surface area is 178 Å². The van der Waals surface area contributed by atoms with E-state index in [-0.39, 0.29) is 12.8 Å². The summed E-state index contributed by atoms with van der Waals surface area (Å²) in [5, 5.41) is 18.5. The Hall–Kier alpha value is -1.59. The Kier molecular flexibility index (Phi) is 23.2. The molecule has 2 rings (SSSR count). The number of ether oxygens (including phenoxy) is 1. The number of hydrogen-bond donors (Lipinski definition) is 3. The lowest BCUT2D eigenvalue weighted by Crippen LogP contribution is -2.34. The second-order valence-corrected chi connectivity index (χ2v) is 6.94. The van der Waals surface area contributed by atoms with Crippen molar-refractivity contribution in [3.63, 3.8) is 0 Å². The maximum absolute atomic E-state index is 10.2. The highest BCUT2D eigenvalue weighted by atomic mass is 16.6. The van der Waals surface area contributed by atoms with E-state index in [9.17, 15) is 4.79 Å². The van der Waals surface area contributed by atoms with E-state index in [1.54, 1.807) is 0 Å². The number of methoxy groups -OCH3 is 1. The molecular weight excluding hydrogens is 366 g/mol. The summed E-state index contributed by atoms with van der Waals surface area (Å²) < 4.78 is 4.10. The molecular formula is C24H45NO4. The van der Waals surface area contributed by atoms with Gasteiger partial charge < -0.3 is 20.3 Å². The molecule has 0 aromatic heterocycles. The average Bonchev–Trinajstić information content (AvgIpc) is 2.75. The van der Waals surface area contributed by atoms with Gasteiger partial charge >= 0.3 is 6.09 Å². The van der Waals surface area contributed by atoms with Crippen LogP contribution in [0.2, 0.25) is 0 Å². The lowest BCUT2D eigenvalue weighted by Gasteiger charge is -2.20. The standard InChI is InChI=1S/C13H20.C7H13NO2.C2H6O2.C2H6/c1-3-4-5-6-10-13-11-8-7-9-12(13)2;9-7(10)8-6-4-2-1-3-5-6;1-4-2-3;1-2/h7-9,11H,3-6,10H2,1-2H3;6,8H,1-5H2,(H,9,10);3H,2H2,1H3;1-2H3. The van der Waals surface area contributed by atoms with Crippen molar-refractivity contribution in [2.75, 3.05) is 13.9 Å². The molecule has 0 aliphatic heterocycles. The Morgan fingerprint density at radius 3 is 2.17 bits per heavy atom. The number of benzene rings is 1. The smallest absolute Gasteiger partial charge is 0.404 e. The monoisotopic (exact) mass is 411 g/mol.